The first kappa shape index (κ1) is 16.5. The summed E-state index contributed by atoms with van der Waals surface area (Å²) < 4.78 is 1.94. The van der Waals surface area contributed by atoms with Crippen LogP contribution in [0.5, 0.6) is 0 Å². The summed E-state index contributed by atoms with van der Waals surface area (Å²) in [6.07, 6.45) is 7.30. The predicted molar refractivity (Wildman–Crippen MR) is 103 cm³/mol. The zero-order chi connectivity index (χ0) is 18.1. The van der Waals surface area contributed by atoms with E-state index in [9.17, 15) is 4.79 Å². The normalized spacial score (nSPS) is 27.3. The molecule has 0 radical (unpaired) electrons. The van der Waals surface area contributed by atoms with Crippen molar-refractivity contribution in [1.82, 2.24) is 19.5 Å². The standard InChI is InChI=1S/C19H27N5OS/c1-19(2,3)15-11-23-17(20-15)26-18(21-23)22-9-8-14-12(10-22)4-7-16(25)24(14)13-5-6-13/h11-14H,4-10H2,1-3H3/t12-,14-/m0/s1. The van der Waals surface area contributed by atoms with Crippen LogP contribution in [0.15, 0.2) is 6.20 Å². The van der Waals surface area contributed by atoms with Crippen LogP contribution in [0.4, 0.5) is 5.13 Å². The molecule has 7 heteroatoms. The van der Waals surface area contributed by atoms with Gasteiger partial charge in [-0.3, -0.25) is 4.79 Å². The Hall–Kier alpha value is -1.63. The number of hydrogen-bond acceptors (Lipinski definition) is 5. The van der Waals surface area contributed by atoms with E-state index in [0.717, 1.165) is 48.1 Å². The third kappa shape index (κ3) is 2.71. The Morgan fingerprint density at radius 1 is 1.19 bits per heavy atom. The maximum absolute atomic E-state index is 12.4. The van der Waals surface area contributed by atoms with E-state index in [1.807, 2.05) is 4.52 Å². The SMILES string of the molecule is CC(C)(C)c1cn2nc(N3CC[C@H]4[C@@H](CCC(=O)N4C4CC4)C3)sc2n1. The molecule has 3 fully saturated rings. The van der Waals surface area contributed by atoms with Gasteiger partial charge in [-0.05, 0) is 31.6 Å². The summed E-state index contributed by atoms with van der Waals surface area (Å²) in [5.41, 5.74) is 1.14. The highest BCUT2D eigenvalue weighted by atomic mass is 32.1. The van der Waals surface area contributed by atoms with E-state index in [-0.39, 0.29) is 5.41 Å². The first-order valence-electron chi connectivity index (χ1n) is 9.83. The molecule has 0 bridgehead atoms. The van der Waals surface area contributed by atoms with Crippen molar-refractivity contribution in [1.29, 1.82) is 0 Å². The minimum Gasteiger partial charge on any atom is -0.346 e. The lowest BCUT2D eigenvalue weighted by Gasteiger charge is -2.47. The van der Waals surface area contributed by atoms with Gasteiger partial charge in [0.15, 0.2) is 0 Å². The number of fused-ring (bicyclic) bond motifs is 2. The number of hydrogen-bond donors (Lipinski definition) is 0. The topological polar surface area (TPSA) is 53.7 Å². The van der Waals surface area contributed by atoms with Gasteiger partial charge in [-0.15, -0.1) is 5.10 Å². The minimum atomic E-state index is 0.0484. The number of carbonyl (C=O) groups is 1. The quantitative estimate of drug-likeness (QED) is 0.812. The largest absolute Gasteiger partial charge is 0.346 e. The van der Waals surface area contributed by atoms with E-state index in [1.165, 1.54) is 12.8 Å². The zero-order valence-corrected chi connectivity index (χ0v) is 16.6. The van der Waals surface area contributed by atoms with Crippen LogP contribution < -0.4 is 4.90 Å². The molecule has 0 aromatic carbocycles. The first-order valence-corrected chi connectivity index (χ1v) is 10.6. The van der Waals surface area contributed by atoms with Crippen molar-refractivity contribution in [2.24, 2.45) is 5.92 Å². The summed E-state index contributed by atoms with van der Waals surface area (Å²) in [5.74, 6) is 0.980. The van der Waals surface area contributed by atoms with Crippen molar-refractivity contribution in [3.05, 3.63) is 11.9 Å². The van der Waals surface area contributed by atoms with Gasteiger partial charge in [0.2, 0.25) is 16.0 Å². The van der Waals surface area contributed by atoms with Crippen molar-refractivity contribution < 1.29 is 4.79 Å². The molecule has 2 aromatic heterocycles. The molecule has 1 saturated carbocycles. The number of carbonyl (C=O) groups excluding carboxylic acids is 1. The smallest absolute Gasteiger partial charge is 0.223 e. The molecule has 140 valence electrons. The highest BCUT2D eigenvalue weighted by Gasteiger charge is 2.45. The van der Waals surface area contributed by atoms with Crippen molar-refractivity contribution in [3.8, 4) is 0 Å². The van der Waals surface area contributed by atoms with Gasteiger partial charge >= 0.3 is 0 Å². The minimum absolute atomic E-state index is 0.0484. The number of amides is 1. The van der Waals surface area contributed by atoms with Crippen molar-refractivity contribution in [2.75, 3.05) is 18.0 Å². The van der Waals surface area contributed by atoms with E-state index in [2.05, 4.69) is 36.8 Å². The fourth-order valence-corrected chi connectivity index (χ4v) is 5.39. The molecule has 1 aliphatic carbocycles. The van der Waals surface area contributed by atoms with E-state index < -0.39 is 0 Å². The summed E-state index contributed by atoms with van der Waals surface area (Å²) in [6, 6.07) is 0.998. The Balaban J connectivity index is 1.35. The molecule has 3 aliphatic rings. The Morgan fingerprint density at radius 3 is 2.69 bits per heavy atom. The van der Waals surface area contributed by atoms with E-state index in [1.54, 1.807) is 11.3 Å². The van der Waals surface area contributed by atoms with E-state index >= 15 is 0 Å². The van der Waals surface area contributed by atoms with Crippen LogP contribution in [-0.4, -0.2) is 50.6 Å². The Labute approximate surface area is 158 Å². The lowest BCUT2D eigenvalue weighted by Crippen LogP contribution is -2.56. The van der Waals surface area contributed by atoms with Crippen LogP contribution in [0.25, 0.3) is 4.96 Å². The van der Waals surface area contributed by atoms with Crippen molar-refractivity contribution in [2.45, 2.75) is 70.4 Å². The second-order valence-electron chi connectivity index (χ2n) is 9.12. The highest BCUT2D eigenvalue weighted by Crippen LogP contribution is 2.40. The number of anilines is 1. The van der Waals surface area contributed by atoms with Crippen LogP contribution in [0.1, 0.15) is 58.6 Å². The molecule has 1 amide bonds. The van der Waals surface area contributed by atoms with Crippen LogP contribution in [0, 0.1) is 5.92 Å². The summed E-state index contributed by atoms with van der Waals surface area (Å²) in [4.78, 5) is 22.8. The summed E-state index contributed by atoms with van der Waals surface area (Å²) in [7, 11) is 0. The van der Waals surface area contributed by atoms with Crippen molar-refractivity contribution in [3.63, 3.8) is 0 Å². The fourth-order valence-electron chi connectivity index (χ4n) is 4.47. The lowest BCUT2D eigenvalue weighted by atomic mass is 9.83. The molecule has 0 unspecified atom stereocenters. The van der Waals surface area contributed by atoms with Gasteiger partial charge in [0.25, 0.3) is 0 Å². The molecule has 2 aromatic rings. The third-order valence-electron chi connectivity index (χ3n) is 6.08. The number of likely N-dealkylation sites (tertiary alicyclic amines) is 1. The summed E-state index contributed by atoms with van der Waals surface area (Å²) >= 11 is 1.69. The Bertz CT molecular complexity index is 814. The molecule has 2 saturated heterocycles. The molecular weight excluding hydrogens is 346 g/mol. The summed E-state index contributed by atoms with van der Waals surface area (Å²) in [5, 5.41) is 5.88. The van der Waals surface area contributed by atoms with Crippen molar-refractivity contribution >= 4 is 27.3 Å². The number of imidazole rings is 1. The molecule has 0 N–H and O–H groups in total. The number of nitrogens with zero attached hydrogens (tertiary/aromatic N) is 5. The van der Waals surface area contributed by atoms with Crippen LogP contribution >= 0.6 is 11.3 Å². The van der Waals surface area contributed by atoms with Gasteiger partial charge in [-0.2, -0.15) is 0 Å². The fraction of sp³-hybridized carbons (Fsp3) is 0.737. The second kappa shape index (κ2) is 5.68. The van der Waals surface area contributed by atoms with E-state index in [4.69, 9.17) is 10.1 Å². The van der Waals surface area contributed by atoms with Crippen LogP contribution in [0.2, 0.25) is 0 Å². The maximum Gasteiger partial charge on any atom is 0.223 e. The van der Waals surface area contributed by atoms with Gasteiger partial charge in [0.05, 0.1) is 11.9 Å². The molecule has 6 nitrogen and oxygen atoms in total. The molecule has 26 heavy (non-hydrogen) atoms. The predicted octanol–water partition coefficient (Wildman–Crippen LogP) is 3.07. The number of aromatic nitrogens is 3. The molecule has 2 aliphatic heterocycles. The highest BCUT2D eigenvalue weighted by molar-refractivity contribution is 7.20. The monoisotopic (exact) mass is 373 g/mol. The van der Waals surface area contributed by atoms with Crippen LogP contribution in [0.3, 0.4) is 0 Å². The number of piperidine rings is 2. The first-order chi connectivity index (χ1) is 12.4. The van der Waals surface area contributed by atoms with Crippen LogP contribution in [-0.2, 0) is 10.2 Å². The van der Waals surface area contributed by atoms with Gasteiger partial charge in [-0.25, -0.2) is 9.50 Å². The number of rotatable bonds is 2. The zero-order valence-electron chi connectivity index (χ0n) is 15.8. The summed E-state index contributed by atoms with van der Waals surface area (Å²) in [6.45, 7) is 8.55. The molecule has 5 rings (SSSR count). The average Bonchev–Trinajstić information content (AvgIpc) is 3.20. The lowest BCUT2D eigenvalue weighted by molar-refractivity contribution is -0.140. The van der Waals surface area contributed by atoms with Gasteiger partial charge in [0.1, 0.15) is 0 Å². The molecule has 4 heterocycles. The molecular formula is C19H27N5OS. The molecule has 0 spiro atoms. The second-order valence-corrected chi connectivity index (χ2v) is 10.1. The third-order valence-corrected chi connectivity index (χ3v) is 7.06. The maximum atomic E-state index is 12.4. The molecule has 2 atom stereocenters. The average molecular weight is 374 g/mol. The van der Waals surface area contributed by atoms with Gasteiger partial charge in [-0.1, -0.05) is 32.1 Å². The van der Waals surface area contributed by atoms with Gasteiger partial charge in [0, 0.05) is 37.0 Å². The Morgan fingerprint density at radius 2 is 2.00 bits per heavy atom. The van der Waals surface area contributed by atoms with E-state index in [0.29, 0.717) is 23.9 Å². The Kier molecular flexibility index (Phi) is 3.61. The van der Waals surface area contributed by atoms with Gasteiger partial charge < -0.3 is 9.80 Å².